The quantitative estimate of drug-likeness (QED) is 0.304. The van der Waals surface area contributed by atoms with Crippen LogP contribution in [0, 0.1) is 5.41 Å². The van der Waals surface area contributed by atoms with Crippen molar-refractivity contribution in [2.24, 2.45) is 5.41 Å². The first-order valence-electron chi connectivity index (χ1n) is 11.8. The minimum atomic E-state index is -4.62. The van der Waals surface area contributed by atoms with Crippen molar-refractivity contribution in [1.82, 2.24) is 9.29 Å². The van der Waals surface area contributed by atoms with E-state index in [9.17, 15) is 39.2 Å². The van der Waals surface area contributed by atoms with Gasteiger partial charge in [0.2, 0.25) is 10.0 Å². The third kappa shape index (κ3) is 5.85. The van der Waals surface area contributed by atoms with Gasteiger partial charge in [-0.2, -0.15) is 13.2 Å². The molecule has 2 aromatic carbocycles. The standard InChI is InChI=1S/C26H27F7N2O2S/c1-24(2,3)14-35-13-19(22(23(27)28)34-38(36,37)16-11-25(29,30)12-16)18-9-8-15(10-21(18)35)17-6-4-5-7-20(17)26(31,32)33/h4-10,13,16,22-23,34H,11-12,14H2,1-3H3/t22-/m0/s1. The molecule has 12 heteroatoms. The Kier molecular flexibility index (Phi) is 7.14. The maximum Gasteiger partial charge on any atom is 0.417 e. The van der Waals surface area contributed by atoms with E-state index < -0.39 is 58.2 Å². The maximum absolute atomic E-state index is 14.2. The number of aromatic nitrogens is 1. The first-order valence-corrected chi connectivity index (χ1v) is 13.4. The van der Waals surface area contributed by atoms with E-state index in [1.807, 2.05) is 25.5 Å². The van der Waals surface area contributed by atoms with Gasteiger partial charge in [0.15, 0.2) is 0 Å². The number of fused-ring (bicyclic) bond motifs is 1. The second-order valence-corrected chi connectivity index (χ2v) is 12.9. The Bertz CT molecular complexity index is 1430. The van der Waals surface area contributed by atoms with Crippen LogP contribution in [0.1, 0.15) is 50.8 Å². The van der Waals surface area contributed by atoms with Crippen LogP contribution in [-0.2, 0) is 22.7 Å². The monoisotopic (exact) mass is 564 g/mol. The molecule has 1 N–H and O–H groups in total. The molecule has 0 spiro atoms. The predicted molar refractivity (Wildman–Crippen MR) is 131 cm³/mol. The smallest absolute Gasteiger partial charge is 0.347 e. The van der Waals surface area contributed by atoms with Gasteiger partial charge in [-0.1, -0.05) is 51.1 Å². The zero-order valence-electron chi connectivity index (χ0n) is 20.8. The van der Waals surface area contributed by atoms with Crippen LogP contribution in [0.15, 0.2) is 48.7 Å². The number of sulfonamides is 1. The van der Waals surface area contributed by atoms with E-state index in [4.69, 9.17) is 0 Å². The number of nitrogens with zero attached hydrogens (tertiary/aromatic N) is 1. The van der Waals surface area contributed by atoms with Gasteiger partial charge in [0.05, 0.1) is 10.8 Å². The maximum atomic E-state index is 14.2. The second-order valence-electron chi connectivity index (χ2n) is 10.9. The molecule has 4 rings (SSSR count). The number of alkyl halides is 7. The third-order valence-corrected chi connectivity index (χ3v) is 8.26. The van der Waals surface area contributed by atoms with Crippen molar-refractivity contribution in [3.63, 3.8) is 0 Å². The molecular weight excluding hydrogens is 537 g/mol. The molecule has 0 radical (unpaired) electrons. The van der Waals surface area contributed by atoms with Gasteiger partial charge in [-0.3, -0.25) is 0 Å². The minimum Gasteiger partial charge on any atom is -0.347 e. The van der Waals surface area contributed by atoms with Gasteiger partial charge in [0.1, 0.15) is 6.04 Å². The minimum absolute atomic E-state index is 0.0930. The van der Waals surface area contributed by atoms with Crippen molar-refractivity contribution in [1.29, 1.82) is 0 Å². The van der Waals surface area contributed by atoms with Crippen molar-refractivity contribution in [3.8, 4) is 11.1 Å². The fourth-order valence-electron chi connectivity index (χ4n) is 4.71. The lowest BCUT2D eigenvalue weighted by atomic mass is 9.94. The van der Waals surface area contributed by atoms with Crippen molar-refractivity contribution in [2.45, 2.75) is 70.0 Å². The fourth-order valence-corrected chi connectivity index (χ4v) is 6.41. The fraction of sp³-hybridized carbons (Fsp3) is 0.462. The SMILES string of the molecule is CC(C)(C)Cn1cc([C@H](NS(=O)(=O)C2CC(F)(F)C2)C(F)F)c2ccc(-c3ccccc3C(F)(F)F)cc21. The normalized spacial score (nSPS) is 17.7. The van der Waals surface area contributed by atoms with Crippen LogP contribution in [0.4, 0.5) is 30.7 Å². The Morgan fingerprint density at radius 1 is 1.05 bits per heavy atom. The molecule has 1 heterocycles. The van der Waals surface area contributed by atoms with Gasteiger partial charge in [-0.25, -0.2) is 30.7 Å². The molecule has 0 amide bonds. The number of rotatable bonds is 7. The molecule has 1 saturated carbocycles. The summed E-state index contributed by atoms with van der Waals surface area (Å²) >= 11 is 0. The highest BCUT2D eigenvalue weighted by Crippen LogP contribution is 2.43. The van der Waals surface area contributed by atoms with Crippen LogP contribution in [0.3, 0.4) is 0 Å². The van der Waals surface area contributed by atoms with Gasteiger partial charge >= 0.3 is 6.18 Å². The number of hydrogen-bond donors (Lipinski definition) is 1. The summed E-state index contributed by atoms with van der Waals surface area (Å²) in [6, 6.07) is 7.15. The molecule has 3 aromatic rings. The molecule has 1 atom stereocenters. The van der Waals surface area contributed by atoms with E-state index in [0.717, 1.165) is 6.07 Å². The summed E-state index contributed by atoms with van der Waals surface area (Å²) in [5.74, 6) is -3.16. The summed E-state index contributed by atoms with van der Waals surface area (Å²) in [5.41, 5.74) is -0.876. The summed E-state index contributed by atoms with van der Waals surface area (Å²) in [4.78, 5) is 0. The van der Waals surface area contributed by atoms with Crippen LogP contribution in [0.2, 0.25) is 0 Å². The molecule has 0 saturated heterocycles. The van der Waals surface area contributed by atoms with Crippen LogP contribution in [-0.4, -0.2) is 30.6 Å². The van der Waals surface area contributed by atoms with E-state index in [0.29, 0.717) is 5.52 Å². The van der Waals surface area contributed by atoms with Crippen LogP contribution >= 0.6 is 0 Å². The van der Waals surface area contributed by atoms with Crippen molar-refractivity contribution in [2.75, 3.05) is 0 Å². The molecule has 38 heavy (non-hydrogen) atoms. The van der Waals surface area contributed by atoms with Gasteiger partial charge in [0.25, 0.3) is 12.3 Å². The molecule has 1 aromatic heterocycles. The number of hydrogen-bond acceptors (Lipinski definition) is 2. The lowest BCUT2D eigenvalue weighted by Crippen LogP contribution is -2.50. The predicted octanol–water partition coefficient (Wildman–Crippen LogP) is 7.40. The first kappa shape index (κ1) is 28.4. The van der Waals surface area contributed by atoms with Crippen LogP contribution in [0.5, 0.6) is 0 Å². The Balaban J connectivity index is 1.83. The molecule has 0 aliphatic heterocycles. The zero-order chi connectivity index (χ0) is 28.3. The third-order valence-electron chi connectivity index (χ3n) is 6.47. The van der Waals surface area contributed by atoms with Gasteiger partial charge in [-0.15, -0.1) is 0 Å². The summed E-state index contributed by atoms with van der Waals surface area (Å²) in [5, 5.41) is -1.28. The highest BCUT2D eigenvalue weighted by Gasteiger charge is 2.52. The van der Waals surface area contributed by atoms with Crippen molar-refractivity contribution in [3.05, 3.63) is 59.8 Å². The molecular formula is C26H27F7N2O2S. The molecule has 1 aliphatic rings. The Morgan fingerprint density at radius 3 is 2.24 bits per heavy atom. The Hall–Kier alpha value is -2.60. The van der Waals surface area contributed by atoms with Crippen LogP contribution < -0.4 is 4.72 Å². The first-order chi connectivity index (χ1) is 17.4. The Morgan fingerprint density at radius 2 is 1.68 bits per heavy atom. The molecule has 208 valence electrons. The molecule has 1 aliphatic carbocycles. The molecule has 4 nitrogen and oxygen atoms in total. The molecule has 0 unspecified atom stereocenters. The highest BCUT2D eigenvalue weighted by molar-refractivity contribution is 7.90. The van der Waals surface area contributed by atoms with Crippen LogP contribution in [0.25, 0.3) is 22.0 Å². The van der Waals surface area contributed by atoms with E-state index in [2.05, 4.69) is 0 Å². The molecule has 0 bridgehead atoms. The van der Waals surface area contributed by atoms with Gasteiger partial charge < -0.3 is 4.57 Å². The van der Waals surface area contributed by atoms with Gasteiger partial charge in [-0.05, 0) is 28.7 Å². The summed E-state index contributed by atoms with van der Waals surface area (Å²) in [6.45, 7) is 5.92. The second kappa shape index (κ2) is 9.55. The van der Waals surface area contributed by atoms with Crippen molar-refractivity contribution >= 4 is 20.9 Å². The van der Waals surface area contributed by atoms with Crippen molar-refractivity contribution < 1.29 is 39.2 Å². The lowest BCUT2D eigenvalue weighted by Gasteiger charge is -2.35. The summed E-state index contributed by atoms with van der Waals surface area (Å²) in [7, 11) is -4.50. The topological polar surface area (TPSA) is 51.1 Å². The average Bonchev–Trinajstić information content (AvgIpc) is 3.11. The van der Waals surface area contributed by atoms with E-state index in [1.165, 1.54) is 42.6 Å². The Labute approximate surface area is 215 Å². The zero-order valence-corrected chi connectivity index (χ0v) is 21.6. The largest absolute Gasteiger partial charge is 0.417 e. The summed E-state index contributed by atoms with van der Waals surface area (Å²) in [6.07, 6.45) is -8.39. The average molecular weight is 565 g/mol. The van der Waals surface area contributed by atoms with E-state index in [-0.39, 0.29) is 34.0 Å². The van der Waals surface area contributed by atoms with Gasteiger partial charge in [0, 0.05) is 42.0 Å². The highest BCUT2D eigenvalue weighted by atomic mass is 32.2. The molecule has 1 fully saturated rings. The lowest BCUT2D eigenvalue weighted by molar-refractivity contribution is -0.137. The summed E-state index contributed by atoms with van der Waals surface area (Å²) < 4.78 is 125. The number of benzene rings is 2. The van der Waals surface area contributed by atoms with E-state index in [1.54, 1.807) is 4.57 Å². The number of halogens is 7. The van der Waals surface area contributed by atoms with E-state index >= 15 is 0 Å². The number of nitrogens with one attached hydrogen (secondary N) is 1.